The molecule has 0 aliphatic carbocycles. The van der Waals surface area contributed by atoms with E-state index in [-0.39, 0.29) is 23.0 Å². The van der Waals surface area contributed by atoms with Gasteiger partial charge in [-0.2, -0.15) is 0 Å². The van der Waals surface area contributed by atoms with E-state index in [1.54, 1.807) is 25.1 Å². The molecule has 1 heterocycles. The molecule has 0 saturated carbocycles. The zero-order valence-electron chi connectivity index (χ0n) is 9.88. The van der Waals surface area contributed by atoms with E-state index in [1.165, 1.54) is 18.4 Å². The predicted molar refractivity (Wildman–Crippen MR) is 67.1 cm³/mol. The van der Waals surface area contributed by atoms with Gasteiger partial charge in [-0.05, 0) is 31.2 Å². The number of phenolic OH excluding ortho intramolecular Hbond substituents is 1. The van der Waals surface area contributed by atoms with Gasteiger partial charge in [-0.25, -0.2) is 0 Å². The monoisotopic (exact) mass is 246 g/mol. The molecule has 0 bridgehead atoms. The highest BCUT2D eigenvalue weighted by molar-refractivity contribution is 5.98. The molecule has 1 unspecified atom stereocenters. The Bertz CT molecular complexity index is 549. The Morgan fingerprint density at radius 3 is 2.83 bits per heavy atom. The van der Waals surface area contributed by atoms with Crippen molar-refractivity contribution in [2.24, 2.45) is 0 Å². The van der Waals surface area contributed by atoms with Crippen LogP contribution >= 0.6 is 0 Å². The molecule has 1 amide bonds. The first kappa shape index (κ1) is 12.0. The minimum absolute atomic E-state index is 0.147. The number of benzene rings is 1. The lowest BCUT2D eigenvalue weighted by molar-refractivity contribution is 0.0933. The van der Waals surface area contributed by atoms with E-state index < -0.39 is 5.91 Å². The zero-order chi connectivity index (χ0) is 13.1. The van der Waals surface area contributed by atoms with Crippen LogP contribution in [0.15, 0.2) is 41.0 Å². The second-order valence-electron chi connectivity index (χ2n) is 3.95. The number of hydrogen-bond acceptors (Lipinski definition) is 4. The van der Waals surface area contributed by atoms with Crippen molar-refractivity contribution in [3.05, 3.63) is 47.9 Å². The number of rotatable bonds is 3. The van der Waals surface area contributed by atoms with Gasteiger partial charge in [-0.3, -0.25) is 4.79 Å². The van der Waals surface area contributed by atoms with Crippen molar-refractivity contribution < 1.29 is 14.3 Å². The molecule has 94 valence electrons. The zero-order valence-corrected chi connectivity index (χ0v) is 9.88. The lowest BCUT2D eigenvalue weighted by Crippen LogP contribution is -2.26. The van der Waals surface area contributed by atoms with E-state index in [1.807, 2.05) is 0 Å². The van der Waals surface area contributed by atoms with Crippen molar-refractivity contribution in [2.75, 3.05) is 5.73 Å². The Balaban J connectivity index is 2.15. The summed E-state index contributed by atoms with van der Waals surface area (Å²) in [5, 5.41) is 12.4. The summed E-state index contributed by atoms with van der Waals surface area (Å²) in [7, 11) is 0. The molecule has 5 nitrogen and oxygen atoms in total. The van der Waals surface area contributed by atoms with Crippen LogP contribution in [0.1, 0.15) is 29.1 Å². The number of amides is 1. The van der Waals surface area contributed by atoms with Crippen LogP contribution in [-0.2, 0) is 0 Å². The van der Waals surface area contributed by atoms with E-state index in [0.29, 0.717) is 5.76 Å². The summed E-state index contributed by atoms with van der Waals surface area (Å²) < 4.78 is 5.18. The lowest BCUT2D eigenvalue weighted by Gasteiger charge is -2.12. The summed E-state index contributed by atoms with van der Waals surface area (Å²) in [4.78, 5) is 12.0. The molecule has 18 heavy (non-hydrogen) atoms. The molecule has 0 aliphatic rings. The third kappa shape index (κ3) is 2.29. The largest absolute Gasteiger partial charge is 0.505 e. The van der Waals surface area contributed by atoms with E-state index in [0.717, 1.165) is 0 Å². The molecule has 0 fully saturated rings. The van der Waals surface area contributed by atoms with Crippen molar-refractivity contribution in [3.63, 3.8) is 0 Å². The molecular formula is C13H14N2O3. The third-order valence-electron chi connectivity index (χ3n) is 2.63. The lowest BCUT2D eigenvalue weighted by atomic mass is 10.1. The van der Waals surface area contributed by atoms with Gasteiger partial charge in [0.15, 0.2) is 5.75 Å². The van der Waals surface area contributed by atoms with E-state index in [4.69, 9.17) is 10.2 Å². The molecule has 0 aliphatic heterocycles. The molecule has 1 aromatic carbocycles. The summed E-state index contributed by atoms with van der Waals surface area (Å²) in [6, 6.07) is 7.88. The second kappa shape index (κ2) is 4.83. The van der Waals surface area contributed by atoms with Gasteiger partial charge < -0.3 is 20.6 Å². The average molecular weight is 246 g/mol. The minimum Gasteiger partial charge on any atom is -0.505 e. The maximum atomic E-state index is 12.0. The molecule has 0 spiro atoms. The summed E-state index contributed by atoms with van der Waals surface area (Å²) >= 11 is 0. The van der Waals surface area contributed by atoms with Gasteiger partial charge in [0.2, 0.25) is 0 Å². The summed E-state index contributed by atoms with van der Waals surface area (Å²) in [6.45, 7) is 1.79. The Morgan fingerprint density at radius 1 is 1.39 bits per heavy atom. The van der Waals surface area contributed by atoms with Crippen molar-refractivity contribution in [3.8, 4) is 5.75 Å². The number of hydrogen-bond donors (Lipinski definition) is 3. The maximum Gasteiger partial charge on any atom is 0.255 e. The highest BCUT2D eigenvalue weighted by atomic mass is 16.3. The third-order valence-corrected chi connectivity index (χ3v) is 2.63. The summed E-state index contributed by atoms with van der Waals surface area (Å²) in [6.07, 6.45) is 1.54. The quantitative estimate of drug-likeness (QED) is 0.571. The van der Waals surface area contributed by atoms with Crippen LogP contribution in [0.3, 0.4) is 0 Å². The topological polar surface area (TPSA) is 88.5 Å². The number of carbonyl (C=O) groups excluding carboxylic acids is 1. The Labute approximate surface area is 104 Å². The van der Waals surface area contributed by atoms with Crippen molar-refractivity contribution in [1.82, 2.24) is 5.32 Å². The minimum atomic E-state index is -0.399. The first-order valence-electron chi connectivity index (χ1n) is 5.51. The van der Waals surface area contributed by atoms with Gasteiger partial charge in [0.1, 0.15) is 5.76 Å². The summed E-state index contributed by atoms with van der Waals surface area (Å²) in [5.74, 6) is 0.0390. The van der Waals surface area contributed by atoms with Crippen LogP contribution in [0.25, 0.3) is 0 Å². The Hall–Kier alpha value is -2.43. The SMILES string of the molecule is CC(NC(=O)c1cccc(N)c1O)c1ccco1. The summed E-state index contributed by atoms with van der Waals surface area (Å²) in [5.41, 5.74) is 5.86. The Morgan fingerprint density at radius 2 is 2.17 bits per heavy atom. The Kier molecular flexibility index (Phi) is 3.23. The van der Waals surface area contributed by atoms with Crippen molar-refractivity contribution in [1.29, 1.82) is 0 Å². The second-order valence-corrected chi connectivity index (χ2v) is 3.95. The average Bonchev–Trinajstić information content (AvgIpc) is 2.86. The van der Waals surface area contributed by atoms with Gasteiger partial charge in [0, 0.05) is 0 Å². The first-order valence-corrected chi connectivity index (χ1v) is 5.51. The maximum absolute atomic E-state index is 12.0. The molecule has 0 saturated heterocycles. The number of furan rings is 1. The molecule has 0 radical (unpaired) electrons. The van der Waals surface area contributed by atoms with Gasteiger partial charge in [0.25, 0.3) is 5.91 Å². The molecule has 2 aromatic rings. The molecular weight excluding hydrogens is 232 g/mol. The number of anilines is 1. The van der Waals surface area contributed by atoms with Gasteiger partial charge in [0.05, 0.1) is 23.6 Å². The van der Waals surface area contributed by atoms with Crippen LogP contribution in [0.5, 0.6) is 5.75 Å². The van der Waals surface area contributed by atoms with Crippen LogP contribution in [0.2, 0.25) is 0 Å². The van der Waals surface area contributed by atoms with Crippen LogP contribution in [-0.4, -0.2) is 11.0 Å². The van der Waals surface area contributed by atoms with E-state index in [9.17, 15) is 9.90 Å². The molecule has 1 aromatic heterocycles. The van der Waals surface area contributed by atoms with Gasteiger partial charge in [-0.15, -0.1) is 0 Å². The van der Waals surface area contributed by atoms with Crippen LogP contribution in [0.4, 0.5) is 5.69 Å². The number of phenols is 1. The fraction of sp³-hybridized carbons (Fsp3) is 0.154. The number of aromatic hydroxyl groups is 1. The van der Waals surface area contributed by atoms with E-state index >= 15 is 0 Å². The number of nitrogens with two attached hydrogens (primary N) is 1. The number of para-hydroxylation sites is 1. The number of carbonyl (C=O) groups is 1. The highest BCUT2D eigenvalue weighted by Crippen LogP contribution is 2.25. The molecule has 2 rings (SSSR count). The van der Waals surface area contributed by atoms with Crippen LogP contribution in [0, 0.1) is 0 Å². The highest BCUT2D eigenvalue weighted by Gasteiger charge is 2.17. The molecule has 5 heteroatoms. The standard InChI is InChI=1S/C13H14N2O3/c1-8(11-6-3-7-18-11)15-13(17)9-4-2-5-10(14)12(9)16/h2-8,16H,14H2,1H3,(H,15,17). The fourth-order valence-electron chi connectivity index (χ4n) is 1.63. The van der Waals surface area contributed by atoms with Crippen molar-refractivity contribution >= 4 is 11.6 Å². The predicted octanol–water partition coefficient (Wildman–Crippen LogP) is 2.06. The molecule has 1 atom stereocenters. The van der Waals surface area contributed by atoms with E-state index in [2.05, 4.69) is 5.32 Å². The molecule has 4 N–H and O–H groups in total. The normalized spacial score (nSPS) is 12.1. The number of nitrogen functional groups attached to an aromatic ring is 1. The van der Waals surface area contributed by atoms with Gasteiger partial charge in [-0.1, -0.05) is 6.07 Å². The number of nitrogens with one attached hydrogen (secondary N) is 1. The smallest absolute Gasteiger partial charge is 0.255 e. The van der Waals surface area contributed by atoms with Crippen molar-refractivity contribution in [2.45, 2.75) is 13.0 Å². The first-order chi connectivity index (χ1) is 8.59. The fourth-order valence-corrected chi connectivity index (χ4v) is 1.63. The van der Waals surface area contributed by atoms with Gasteiger partial charge >= 0.3 is 0 Å². The van der Waals surface area contributed by atoms with Crippen LogP contribution < -0.4 is 11.1 Å².